The van der Waals surface area contributed by atoms with Crippen molar-refractivity contribution in [3.8, 4) is 11.6 Å². The first kappa shape index (κ1) is 20.9. The number of carboxylic acid groups (broad SMARTS) is 1. The summed E-state index contributed by atoms with van der Waals surface area (Å²) in [6.45, 7) is 5.70. The summed E-state index contributed by atoms with van der Waals surface area (Å²) in [6, 6.07) is 5.60. The topological polar surface area (TPSA) is 115 Å². The predicted octanol–water partition coefficient (Wildman–Crippen LogP) is 2.05. The number of carbonyl (C=O) groups is 2. The van der Waals surface area contributed by atoms with Crippen molar-refractivity contribution in [3.63, 3.8) is 0 Å². The van der Waals surface area contributed by atoms with Gasteiger partial charge in [-0.05, 0) is 35.1 Å². The van der Waals surface area contributed by atoms with Gasteiger partial charge in [-0.15, -0.1) is 0 Å². The summed E-state index contributed by atoms with van der Waals surface area (Å²) < 4.78 is 11.3. The average molecular weight is 401 g/mol. The molecule has 29 heavy (non-hydrogen) atoms. The van der Waals surface area contributed by atoms with Crippen LogP contribution >= 0.6 is 0 Å². The van der Waals surface area contributed by atoms with Crippen molar-refractivity contribution >= 4 is 22.6 Å². The van der Waals surface area contributed by atoms with Crippen LogP contribution in [0, 0.1) is 5.41 Å². The zero-order valence-corrected chi connectivity index (χ0v) is 17.1. The quantitative estimate of drug-likeness (QED) is 0.788. The number of likely N-dealkylation sites (tertiary alicyclic amines) is 1. The van der Waals surface area contributed by atoms with Crippen LogP contribution in [0.1, 0.15) is 27.2 Å². The fourth-order valence-corrected chi connectivity index (χ4v) is 3.42. The summed E-state index contributed by atoms with van der Waals surface area (Å²) in [5.74, 6) is -0.337. The second-order valence-corrected chi connectivity index (χ2v) is 8.37. The lowest BCUT2D eigenvalue weighted by Gasteiger charge is -2.31. The van der Waals surface area contributed by atoms with Gasteiger partial charge in [0.25, 0.3) is 0 Å². The molecule has 0 spiro atoms. The Labute approximate surface area is 169 Å². The number of nitrogens with zero attached hydrogens (tertiary/aromatic N) is 2. The van der Waals surface area contributed by atoms with E-state index < -0.39 is 29.6 Å². The maximum absolute atomic E-state index is 12.8. The van der Waals surface area contributed by atoms with Gasteiger partial charge in [-0.25, -0.2) is 9.78 Å². The first-order valence-electron chi connectivity index (χ1n) is 9.50. The van der Waals surface area contributed by atoms with E-state index in [1.54, 1.807) is 13.3 Å². The molecule has 8 heteroatoms. The minimum atomic E-state index is -1.07. The number of ether oxygens (including phenoxy) is 2. The molecule has 8 nitrogen and oxygen atoms in total. The van der Waals surface area contributed by atoms with Gasteiger partial charge in [-0.1, -0.05) is 20.8 Å². The summed E-state index contributed by atoms with van der Waals surface area (Å²) in [4.78, 5) is 30.2. The summed E-state index contributed by atoms with van der Waals surface area (Å²) in [7, 11) is 1.60. The molecule has 156 valence electrons. The van der Waals surface area contributed by atoms with E-state index in [9.17, 15) is 14.7 Å². The molecule has 1 aliphatic heterocycles. The van der Waals surface area contributed by atoms with Crippen LogP contribution in [-0.2, 0) is 9.59 Å². The molecule has 0 bridgehead atoms. The Balaban J connectivity index is 1.83. The predicted molar refractivity (Wildman–Crippen MR) is 108 cm³/mol. The third kappa shape index (κ3) is 4.27. The number of amides is 1. The minimum Gasteiger partial charge on any atom is -0.497 e. The molecular formula is C21H27N3O5. The molecule has 3 rings (SSSR count). The van der Waals surface area contributed by atoms with Gasteiger partial charge in [-0.3, -0.25) is 4.79 Å². The van der Waals surface area contributed by atoms with Crippen LogP contribution in [-0.4, -0.2) is 58.7 Å². The first-order valence-corrected chi connectivity index (χ1v) is 9.50. The number of pyridine rings is 1. The number of hydrogen-bond acceptors (Lipinski definition) is 6. The number of benzene rings is 1. The van der Waals surface area contributed by atoms with E-state index in [2.05, 4.69) is 4.98 Å². The number of fused-ring (bicyclic) bond motifs is 1. The van der Waals surface area contributed by atoms with Crippen molar-refractivity contribution in [2.45, 2.75) is 45.4 Å². The van der Waals surface area contributed by atoms with Crippen molar-refractivity contribution in [1.82, 2.24) is 9.88 Å². The maximum Gasteiger partial charge on any atom is 0.326 e. The molecule has 1 aliphatic rings. The zero-order chi connectivity index (χ0) is 21.3. The molecule has 3 atom stereocenters. The number of aliphatic carboxylic acids is 1. The molecule has 1 saturated heterocycles. The second-order valence-electron chi connectivity index (χ2n) is 8.37. The molecule has 0 aliphatic carbocycles. The Hall–Kier alpha value is -2.87. The van der Waals surface area contributed by atoms with Gasteiger partial charge in [0.15, 0.2) is 0 Å². The Bertz CT molecular complexity index is 924. The van der Waals surface area contributed by atoms with Gasteiger partial charge in [0.1, 0.15) is 17.9 Å². The van der Waals surface area contributed by atoms with Gasteiger partial charge in [-0.2, -0.15) is 0 Å². The molecule has 3 unspecified atom stereocenters. The third-order valence-electron chi connectivity index (χ3n) is 5.24. The van der Waals surface area contributed by atoms with Crippen molar-refractivity contribution < 1.29 is 24.2 Å². The molecular weight excluding hydrogens is 374 g/mol. The van der Waals surface area contributed by atoms with Crippen molar-refractivity contribution in [1.29, 1.82) is 0 Å². The second kappa shape index (κ2) is 7.87. The summed E-state index contributed by atoms with van der Waals surface area (Å²) in [5.41, 5.74) is 5.61. The highest BCUT2D eigenvalue weighted by Crippen LogP contribution is 2.31. The fourth-order valence-electron chi connectivity index (χ4n) is 3.42. The zero-order valence-electron chi connectivity index (χ0n) is 17.1. The SMILES string of the molecule is COc1ccc2c(OC3CC(C(=O)O)N(C(=O)C(N)C(C)(C)C)C3)nccc2c1. The third-order valence-corrected chi connectivity index (χ3v) is 5.24. The molecule has 1 aromatic carbocycles. The van der Waals surface area contributed by atoms with E-state index >= 15 is 0 Å². The van der Waals surface area contributed by atoms with Gasteiger partial charge in [0.2, 0.25) is 11.8 Å². The minimum absolute atomic E-state index is 0.147. The lowest BCUT2D eigenvalue weighted by Crippen LogP contribution is -2.53. The van der Waals surface area contributed by atoms with Crippen molar-refractivity contribution in [3.05, 3.63) is 30.5 Å². The van der Waals surface area contributed by atoms with Crippen LogP contribution in [0.25, 0.3) is 10.8 Å². The molecule has 2 aromatic rings. The highest BCUT2D eigenvalue weighted by molar-refractivity contribution is 5.89. The Morgan fingerprint density at radius 3 is 2.66 bits per heavy atom. The highest BCUT2D eigenvalue weighted by Gasteiger charge is 2.44. The van der Waals surface area contributed by atoms with Crippen molar-refractivity contribution in [2.24, 2.45) is 11.1 Å². The van der Waals surface area contributed by atoms with Crippen molar-refractivity contribution in [2.75, 3.05) is 13.7 Å². The number of hydrogen-bond donors (Lipinski definition) is 2. The van der Waals surface area contributed by atoms with Gasteiger partial charge >= 0.3 is 5.97 Å². The number of methoxy groups -OCH3 is 1. The van der Waals surface area contributed by atoms with Crippen LogP contribution in [0.2, 0.25) is 0 Å². The summed E-state index contributed by atoms with van der Waals surface area (Å²) in [6.07, 6.45) is 1.30. The molecule has 1 amide bonds. The molecule has 0 radical (unpaired) electrons. The fraction of sp³-hybridized carbons (Fsp3) is 0.476. The van der Waals surface area contributed by atoms with Crippen LogP contribution < -0.4 is 15.2 Å². The standard InChI is InChI=1S/C21H27N3O5/c1-21(2,3)17(22)19(25)24-11-14(10-16(24)20(26)27)29-18-15-6-5-13(28-4)9-12(15)7-8-23-18/h5-9,14,16-17H,10-11,22H2,1-4H3,(H,26,27). The molecule has 0 saturated carbocycles. The van der Waals surface area contributed by atoms with E-state index in [0.29, 0.717) is 5.88 Å². The maximum atomic E-state index is 12.8. The number of rotatable bonds is 5. The van der Waals surface area contributed by atoms with E-state index in [4.69, 9.17) is 15.2 Å². The number of nitrogens with two attached hydrogens (primary N) is 1. The Morgan fingerprint density at radius 2 is 2.03 bits per heavy atom. The first-order chi connectivity index (χ1) is 13.6. The Kier molecular flexibility index (Phi) is 5.66. The Morgan fingerprint density at radius 1 is 1.31 bits per heavy atom. The largest absolute Gasteiger partial charge is 0.497 e. The molecule has 1 fully saturated rings. The van der Waals surface area contributed by atoms with Crippen LogP contribution in [0.4, 0.5) is 0 Å². The molecule has 1 aromatic heterocycles. The normalized spacial score (nSPS) is 20.5. The average Bonchev–Trinajstić information content (AvgIpc) is 3.10. The van der Waals surface area contributed by atoms with E-state index in [-0.39, 0.29) is 18.9 Å². The van der Waals surface area contributed by atoms with Crippen LogP contribution in [0.5, 0.6) is 11.6 Å². The van der Waals surface area contributed by atoms with Gasteiger partial charge < -0.3 is 25.2 Å². The lowest BCUT2D eigenvalue weighted by atomic mass is 9.86. The monoisotopic (exact) mass is 401 g/mol. The van der Waals surface area contributed by atoms with Gasteiger partial charge in [0, 0.05) is 18.0 Å². The van der Waals surface area contributed by atoms with E-state index in [1.165, 1.54) is 4.90 Å². The lowest BCUT2D eigenvalue weighted by molar-refractivity contribution is -0.149. The number of carbonyl (C=O) groups excluding carboxylic acids is 1. The number of aromatic nitrogens is 1. The van der Waals surface area contributed by atoms with E-state index in [0.717, 1.165) is 16.5 Å². The van der Waals surface area contributed by atoms with Crippen LogP contribution in [0.3, 0.4) is 0 Å². The van der Waals surface area contributed by atoms with Crippen LogP contribution in [0.15, 0.2) is 30.5 Å². The molecule has 2 heterocycles. The molecule has 3 N–H and O–H groups in total. The number of carboxylic acids is 1. The smallest absolute Gasteiger partial charge is 0.326 e. The van der Waals surface area contributed by atoms with E-state index in [1.807, 2.05) is 45.0 Å². The highest BCUT2D eigenvalue weighted by atomic mass is 16.5. The summed E-state index contributed by atoms with van der Waals surface area (Å²) in [5, 5.41) is 11.3. The van der Waals surface area contributed by atoms with Gasteiger partial charge in [0.05, 0.1) is 19.7 Å². The summed E-state index contributed by atoms with van der Waals surface area (Å²) >= 11 is 0.